The van der Waals surface area contributed by atoms with Gasteiger partial charge in [0, 0.05) is 38.3 Å². The smallest absolute Gasteiger partial charge is 0.303 e. The molecule has 2 N–H and O–H groups in total. The van der Waals surface area contributed by atoms with Gasteiger partial charge in [-0.1, -0.05) is 47.6 Å². The van der Waals surface area contributed by atoms with Gasteiger partial charge in [0.1, 0.15) is 0 Å². The summed E-state index contributed by atoms with van der Waals surface area (Å²) in [6, 6.07) is 16.5. The number of nitrogens with zero attached hydrogens (tertiary/aromatic N) is 3. The second-order valence-electron chi connectivity index (χ2n) is 8.21. The number of aryl methyl sites for hydroxylation is 2. The van der Waals surface area contributed by atoms with E-state index in [9.17, 15) is 4.79 Å². The third-order valence-corrected chi connectivity index (χ3v) is 6.00. The first kappa shape index (κ1) is 22.8. The Morgan fingerprint density at radius 3 is 2.32 bits per heavy atom. The van der Waals surface area contributed by atoms with Crippen molar-refractivity contribution in [3.63, 3.8) is 0 Å². The van der Waals surface area contributed by atoms with Crippen LogP contribution in [0.2, 0.25) is 0 Å². The van der Waals surface area contributed by atoms with Crippen molar-refractivity contribution < 1.29 is 15.1 Å². The molecule has 3 rings (SSSR count). The Bertz CT molecular complexity index is 872. The molecule has 31 heavy (non-hydrogen) atoms. The molecule has 0 aromatic heterocycles. The largest absolute Gasteiger partial charge is 0.481 e. The van der Waals surface area contributed by atoms with Crippen molar-refractivity contribution in [2.45, 2.75) is 39.0 Å². The van der Waals surface area contributed by atoms with Crippen LogP contribution in [-0.2, 0) is 11.2 Å². The highest BCUT2D eigenvalue weighted by atomic mass is 16.4. The Morgan fingerprint density at radius 2 is 1.68 bits per heavy atom. The fourth-order valence-corrected chi connectivity index (χ4v) is 4.14. The van der Waals surface area contributed by atoms with Crippen LogP contribution in [0.15, 0.2) is 53.7 Å². The van der Waals surface area contributed by atoms with Gasteiger partial charge in [0.2, 0.25) is 0 Å². The Morgan fingerprint density at radius 1 is 0.968 bits per heavy atom. The predicted octanol–water partition coefficient (Wildman–Crippen LogP) is 4.18. The zero-order chi connectivity index (χ0) is 22.1. The van der Waals surface area contributed by atoms with Crippen LogP contribution in [0.4, 0.5) is 5.69 Å². The summed E-state index contributed by atoms with van der Waals surface area (Å²) in [4.78, 5) is 15.8. The molecule has 0 spiro atoms. The molecule has 2 aromatic carbocycles. The van der Waals surface area contributed by atoms with Crippen molar-refractivity contribution in [1.29, 1.82) is 0 Å². The van der Waals surface area contributed by atoms with Crippen molar-refractivity contribution in [2.24, 2.45) is 5.16 Å². The molecule has 0 amide bonds. The Labute approximate surface area is 184 Å². The monoisotopic (exact) mass is 423 g/mol. The van der Waals surface area contributed by atoms with Gasteiger partial charge in [0.25, 0.3) is 0 Å². The molecule has 0 atom stereocenters. The number of hydrogen-bond donors (Lipinski definition) is 2. The van der Waals surface area contributed by atoms with Gasteiger partial charge in [-0.15, -0.1) is 0 Å². The van der Waals surface area contributed by atoms with Crippen LogP contribution in [-0.4, -0.2) is 59.6 Å². The standard InChI is InChI=1S/C25H33N3O3/c1-20-6-2-3-8-24(20)28-18-16-27(17-19-28)15-5-4-7-21-9-11-22(12-10-21)23(26-31)13-14-25(29)30/h2-3,6,8-12,31H,4-5,7,13-19H2,1H3,(H,29,30). The van der Waals surface area contributed by atoms with E-state index in [-0.39, 0.29) is 12.8 Å². The lowest BCUT2D eigenvalue weighted by molar-refractivity contribution is -0.136. The van der Waals surface area contributed by atoms with Gasteiger partial charge in [-0.2, -0.15) is 0 Å². The molecule has 0 bridgehead atoms. The molecule has 166 valence electrons. The number of rotatable bonds is 10. The van der Waals surface area contributed by atoms with Crippen LogP contribution in [0.5, 0.6) is 0 Å². The summed E-state index contributed by atoms with van der Waals surface area (Å²) >= 11 is 0. The highest BCUT2D eigenvalue weighted by molar-refractivity contribution is 6.01. The molecular formula is C25H33N3O3. The van der Waals surface area contributed by atoms with Crippen LogP contribution in [0.25, 0.3) is 0 Å². The first-order valence-electron chi connectivity index (χ1n) is 11.1. The Balaban J connectivity index is 1.37. The van der Waals surface area contributed by atoms with Crippen molar-refractivity contribution in [3.8, 4) is 0 Å². The van der Waals surface area contributed by atoms with Gasteiger partial charge in [0.05, 0.1) is 12.1 Å². The van der Waals surface area contributed by atoms with E-state index >= 15 is 0 Å². The summed E-state index contributed by atoms with van der Waals surface area (Å²) in [6.07, 6.45) is 3.51. The second-order valence-corrected chi connectivity index (χ2v) is 8.21. The van der Waals surface area contributed by atoms with Crippen molar-refractivity contribution in [3.05, 3.63) is 65.2 Å². The van der Waals surface area contributed by atoms with Crippen molar-refractivity contribution in [2.75, 3.05) is 37.6 Å². The predicted molar refractivity (Wildman–Crippen MR) is 124 cm³/mol. The summed E-state index contributed by atoms with van der Waals surface area (Å²) in [7, 11) is 0. The fourth-order valence-electron chi connectivity index (χ4n) is 4.14. The minimum Gasteiger partial charge on any atom is -0.481 e. The van der Waals surface area contributed by atoms with Crippen LogP contribution < -0.4 is 4.90 Å². The average Bonchev–Trinajstić information content (AvgIpc) is 2.79. The maximum atomic E-state index is 10.7. The lowest BCUT2D eigenvalue weighted by atomic mass is 10.0. The third kappa shape index (κ3) is 6.82. The van der Waals surface area contributed by atoms with Gasteiger partial charge >= 0.3 is 5.97 Å². The van der Waals surface area contributed by atoms with E-state index in [1.165, 1.54) is 23.2 Å². The van der Waals surface area contributed by atoms with Crippen molar-refractivity contribution in [1.82, 2.24) is 4.90 Å². The van der Waals surface area contributed by atoms with E-state index in [0.29, 0.717) is 5.71 Å². The molecular weight excluding hydrogens is 390 g/mol. The SMILES string of the molecule is Cc1ccccc1N1CCN(CCCCc2ccc(C(CCC(=O)O)=NO)cc2)CC1. The lowest BCUT2D eigenvalue weighted by Crippen LogP contribution is -2.46. The summed E-state index contributed by atoms with van der Waals surface area (Å²) in [5.41, 5.74) is 5.16. The zero-order valence-electron chi connectivity index (χ0n) is 18.3. The first-order chi connectivity index (χ1) is 15.1. The number of unbranched alkanes of at least 4 members (excludes halogenated alkanes) is 1. The highest BCUT2D eigenvalue weighted by Gasteiger charge is 2.17. The molecule has 0 unspecified atom stereocenters. The summed E-state index contributed by atoms with van der Waals surface area (Å²) in [5, 5.41) is 21.2. The first-order valence-corrected chi connectivity index (χ1v) is 11.1. The second kappa shape index (κ2) is 11.5. The summed E-state index contributed by atoms with van der Waals surface area (Å²) in [6.45, 7) is 7.72. The quantitative estimate of drug-likeness (QED) is 0.259. The maximum absolute atomic E-state index is 10.7. The van der Waals surface area contributed by atoms with Gasteiger partial charge in [0.15, 0.2) is 0 Å². The number of carbonyl (C=O) groups is 1. The topological polar surface area (TPSA) is 76.4 Å². The molecule has 1 fully saturated rings. The van der Waals surface area contributed by atoms with E-state index < -0.39 is 5.97 Å². The van der Waals surface area contributed by atoms with E-state index in [0.717, 1.165) is 51.1 Å². The number of benzene rings is 2. The van der Waals surface area contributed by atoms with Gasteiger partial charge in [-0.05, 0) is 55.5 Å². The molecule has 6 nitrogen and oxygen atoms in total. The molecule has 0 saturated carbocycles. The van der Waals surface area contributed by atoms with Gasteiger partial charge in [-0.3, -0.25) is 9.69 Å². The number of oxime groups is 1. The number of carboxylic acid groups (broad SMARTS) is 1. The fraction of sp³-hybridized carbons (Fsp3) is 0.440. The van der Waals surface area contributed by atoms with Crippen LogP contribution in [0.3, 0.4) is 0 Å². The van der Waals surface area contributed by atoms with E-state index in [4.69, 9.17) is 10.3 Å². The number of piperazine rings is 1. The number of anilines is 1. The lowest BCUT2D eigenvalue weighted by Gasteiger charge is -2.36. The Kier molecular flexibility index (Phi) is 8.47. The van der Waals surface area contributed by atoms with Crippen molar-refractivity contribution >= 4 is 17.4 Å². The number of para-hydroxylation sites is 1. The van der Waals surface area contributed by atoms with E-state index in [1.807, 2.05) is 24.3 Å². The van der Waals surface area contributed by atoms with Crippen LogP contribution in [0, 0.1) is 6.92 Å². The number of hydrogen-bond acceptors (Lipinski definition) is 5. The van der Waals surface area contributed by atoms with Gasteiger partial charge in [-0.25, -0.2) is 0 Å². The Hall–Kier alpha value is -2.86. The van der Waals surface area contributed by atoms with Gasteiger partial charge < -0.3 is 15.2 Å². The molecule has 6 heteroatoms. The minimum absolute atomic E-state index is 0.0413. The number of carboxylic acids is 1. The molecule has 1 aliphatic heterocycles. The third-order valence-electron chi connectivity index (χ3n) is 6.00. The van der Waals surface area contributed by atoms with E-state index in [1.54, 1.807) is 0 Å². The normalized spacial score (nSPS) is 15.3. The number of aliphatic carboxylic acids is 1. The molecule has 1 saturated heterocycles. The molecule has 0 aliphatic carbocycles. The average molecular weight is 424 g/mol. The molecule has 1 aliphatic rings. The molecule has 0 radical (unpaired) electrons. The van der Waals surface area contributed by atoms with Crippen LogP contribution >= 0.6 is 0 Å². The summed E-state index contributed by atoms with van der Waals surface area (Å²) < 4.78 is 0. The zero-order valence-corrected chi connectivity index (χ0v) is 18.3. The maximum Gasteiger partial charge on any atom is 0.303 e. The molecule has 1 heterocycles. The summed E-state index contributed by atoms with van der Waals surface area (Å²) in [5.74, 6) is -0.894. The minimum atomic E-state index is -0.894. The van der Waals surface area contributed by atoms with E-state index in [2.05, 4.69) is 46.1 Å². The molecule has 2 aromatic rings. The van der Waals surface area contributed by atoms with Crippen LogP contribution in [0.1, 0.15) is 42.4 Å². The highest BCUT2D eigenvalue weighted by Crippen LogP contribution is 2.21.